The molecular weight excluding hydrogens is 355 g/mol. The van der Waals surface area contributed by atoms with Crippen LogP contribution in [0.5, 0.6) is 0 Å². The van der Waals surface area contributed by atoms with Gasteiger partial charge < -0.3 is 9.47 Å². The highest BCUT2D eigenvalue weighted by molar-refractivity contribution is 5.95. The highest BCUT2D eigenvalue weighted by Crippen LogP contribution is 2.24. The van der Waals surface area contributed by atoms with Crippen LogP contribution in [0.1, 0.15) is 53.4 Å². The minimum Gasteiger partial charge on any atom is -0.338 e. The summed E-state index contributed by atoms with van der Waals surface area (Å²) in [5.41, 5.74) is 2.44. The standard InChI is InChI=1S/C23H29FN2O2/c1-4-26-17(3)14-16(2)21(23(26)28)22(27)25-13-7-8-18(15-25)11-12-19-9-5-6-10-20(19)24/h5-6,9-10,14,18H,4,7-8,11-13,15H2,1-3H3/t18-/m0/s1. The van der Waals surface area contributed by atoms with Crippen molar-refractivity contribution in [3.8, 4) is 0 Å². The number of hydrogen-bond acceptors (Lipinski definition) is 2. The first-order valence-electron chi connectivity index (χ1n) is 10.2. The molecule has 1 amide bonds. The number of aryl methyl sites for hydroxylation is 3. The lowest BCUT2D eigenvalue weighted by atomic mass is 9.91. The van der Waals surface area contributed by atoms with Crippen LogP contribution in [0.15, 0.2) is 35.1 Å². The fourth-order valence-corrected chi connectivity index (χ4v) is 4.28. The average Bonchev–Trinajstić information content (AvgIpc) is 2.67. The van der Waals surface area contributed by atoms with Gasteiger partial charge in [0.25, 0.3) is 11.5 Å². The predicted octanol–water partition coefficient (Wildman–Crippen LogP) is 4.11. The molecule has 150 valence electrons. The second-order valence-corrected chi connectivity index (χ2v) is 7.78. The van der Waals surface area contributed by atoms with E-state index in [-0.39, 0.29) is 17.3 Å². The van der Waals surface area contributed by atoms with Crippen LogP contribution in [0.2, 0.25) is 0 Å². The predicted molar refractivity (Wildman–Crippen MR) is 109 cm³/mol. The Bertz CT molecular complexity index is 919. The quantitative estimate of drug-likeness (QED) is 0.779. The number of benzene rings is 1. The van der Waals surface area contributed by atoms with Crippen molar-refractivity contribution < 1.29 is 9.18 Å². The lowest BCUT2D eigenvalue weighted by Gasteiger charge is -2.33. The van der Waals surface area contributed by atoms with Crippen LogP contribution in [0.3, 0.4) is 0 Å². The number of rotatable bonds is 5. The van der Waals surface area contributed by atoms with Crippen molar-refractivity contribution in [1.82, 2.24) is 9.47 Å². The normalized spacial score (nSPS) is 17.0. The topological polar surface area (TPSA) is 42.3 Å². The fraction of sp³-hybridized carbons (Fsp3) is 0.478. The maximum atomic E-state index is 13.9. The fourth-order valence-electron chi connectivity index (χ4n) is 4.28. The van der Waals surface area contributed by atoms with E-state index in [1.165, 1.54) is 6.07 Å². The van der Waals surface area contributed by atoms with Gasteiger partial charge in [0.15, 0.2) is 0 Å². The van der Waals surface area contributed by atoms with E-state index in [9.17, 15) is 14.0 Å². The monoisotopic (exact) mass is 384 g/mol. The number of pyridine rings is 1. The summed E-state index contributed by atoms with van der Waals surface area (Å²) in [5.74, 6) is -0.00149. The molecule has 0 unspecified atom stereocenters. The number of nitrogens with zero attached hydrogens (tertiary/aromatic N) is 2. The Hall–Kier alpha value is -2.43. The molecule has 0 radical (unpaired) electrons. The zero-order valence-electron chi connectivity index (χ0n) is 17.0. The van der Waals surface area contributed by atoms with Crippen LogP contribution in [0.4, 0.5) is 4.39 Å². The van der Waals surface area contributed by atoms with Crippen LogP contribution in [0.25, 0.3) is 0 Å². The van der Waals surface area contributed by atoms with Gasteiger partial charge in [0.2, 0.25) is 0 Å². The highest BCUT2D eigenvalue weighted by atomic mass is 19.1. The summed E-state index contributed by atoms with van der Waals surface area (Å²) in [6.07, 6.45) is 3.47. The van der Waals surface area contributed by atoms with Gasteiger partial charge in [-0.2, -0.15) is 0 Å². The Morgan fingerprint density at radius 1 is 1.25 bits per heavy atom. The van der Waals surface area contributed by atoms with Crippen molar-refractivity contribution in [3.63, 3.8) is 0 Å². The summed E-state index contributed by atoms with van der Waals surface area (Å²) in [6.45, 7) is 7.50. The average molecular weight is 384 g/mol. The van der Waals surface area contributed by atoms with E-state index in [2.05, 4.69) is 0 Å². The van der Waals surface area contributed by atoms with E-state index in [1.807, 2.05) is 43.9 Å². The zero-order chi connectivity index (χ0) is 20.3. The zero-order valence-corrected chi connectivity index (χ0v) is 17.0. The number of hydrogen-bond donors (Lipinski definition) is 0. The van der Waals surface area contributed by atoms with Gasteiger partial charge in [-0.15, -0.1) is 0 Å². The van der Waals surface area contributed by atoms with Crippen molar-refractivity contribution in [2.24, 2.45) is 5.92 Å². The van der Waals surface area contributed by atoms with Gasteiger partial charge in [0.1, 0.15) is 11.4 Å². The van der Waals surface area contributed by atoms with E-state index < -0.39 is 0 Å². The van der Waals surface area contributed by atoms with E-state index in [4.69, 9.17) is 0 Å². The van der Waals surface area contributed by atoms with Crippen molar-refractivity contribution in [1.29, 1.82) is 0 Å². The second kappa shape index (κ2) is 8.72. The molecule has 0 bridgehead atoms. The lowest BCUT2D eigenvalue weighted by molar-refractivity contribution is 0.0665. The Morgan fingerprint density at radius 2 is 2.00 bits per heavy atom. The molecule has 0 spiro atoms. The van der Waals surface area contributed by atoms with Crippen LogP contribution < -0.4 is 5.56 Å². The molecule has 0 saturated carbocycles. The van der Waals surface area contributed by atoms with Crippen molar-refractivity contribution >= 4 is 5.91 Å². The Morgan fingerprint density at radius 3 is 2.71 bits per heavy atom. The summed E-state index contributed by atoms with van der Waals surface area (Å²) < 4.78 is 15.5. The van der Waals surface area contributed by atoms with Crippen molar-refractivity contribution in [3.05, 3.63) is 68.9 Å². The molecule has 1 atom stereocenters. The molecule has 4 nitrogen and oxygen atoms in total. The first-order chi connectivity index (χ1) is 13.4. The number of piperidine rings is 1. The molecule has 1 fully saturated rings. The molecule has 1 aliphatic rings. The third-order valence-corrected chi connectivity index (χ3v) is 5.82. The minimum absolute atomic E-state index is 0.165. The van der Waals surface area contributed by atoms with E-state index in [0.717, 1.165) is 36.1 Å². The second-order valence-electron chi connectivity index (χ2n) is 7.78. The largest absolute Gasteiger partial charge is 0.338 e. The summed E-state index contributed by atoms with van der Waals surface area (Å²) in [4.78, 5) is 27.8. The third-order valence-electron chi connectivity index (χ3n) is 5.82. The Kier molecular flexibility index (Phi) is 6.32. The van der Waals surface area contributed by atoms with E-state index in [1.54, 1.807) is 10.6 Å². The Balaban J connectivity index is 1.73. The number of carbonyl (C=O) groups excluding carboxylic acids is 1. The third kappa shape index (κ3) is 4.18. The first-order valence-corrected chi connectivity index (χ1v) is 10.2. The number of likely N-dealkylation sites (tertiary alicyclic amines) is 1. The molecule has 2 heterocycles. The number of carbonyl (C=O) groups is 1. The maximum Gasteiger partial charge on any atom is 0.263 e. The van der Waals surface area contributed by atoms with Gasteiger partial charge in [0.05, 0.1) is 0 Å². The molecule has 1 saturated heterocycles. The summed E-state index contributed by atoms with van der Waals surface area (Å²) >= 11 is 0. The summed E-state index contributed by atoms with van der Waals surface area (Å²) in [7, 11) is 0. The van der Waals surface area contributed by atoms with Gasteiger partial charge in [-0.05, 0) is 75.6 Å². The van der Waals surface area contributed by atoms with Crippen molar-refractivity contribution in [2.75, 3.05) is 13.1 Å². The van der Waals surface area contributed by atoms with E-state index >= 15 is 0 Å². The molecule has 1 aromatic heterocycles. The summed E-state index contributed by atoms with van der Waals surface area (Å²) in [6, 6.07) is 8.79. The first kappa shape index (κ1) is 20.3. The van der Waals surface area contributed by atoms with Crippen LogP contribution in [-0.2, 0) is 13.0 Å². The molecule has 0 N–H and O–H groups in total. The SMILES string of the molecule is CCn1c(C)cc(C)c(C(=O)N2CCC[C@@H](CCc3ccccc3F)C2)c1=O. The minimum atomic E-state index is -0.196. The van der Waals surface area contributed by atoms with Crippen LogP contribution in [0, 0.1) is 25.6 Å². The molecular formula is C23H29FN2O2. The molecule has 3 rings (SSSR count). The van der Waals surface area contributed by atoms with Gasteiger partial charge in [-0.1, -0.05) is 18.2 Å². The molecule has 28 heavy (non-hydrogen) atoms. The van der Waals surface area contributed by atoms with Crippen molar-refractivity contribution in [2.45, 2.75) is 53.0 Å². The lowest BCUT2D eigenvalue weighted by Crippen LogP contribution is -2.43. The number of halogens is 1. The molecule has 5 heteroatoms. The maximum absolute atomic E-state index is 13.9. The molecule has 2 aromatic rings. The number of aromatic nitrogens is 1. The van der Waals surface area contributed by atoms with Crippen LogP contribution in [-0.4, -0.2) is 28.5 Å². The smallest absolute Gasteiger partial charge is 0.263 e. The van der Waals surface area contributed by atoms with Gasteiger partial charge in [-0.25, -0.2) is 4.39 Å². The van der Waals surface area contributed by atoms with Gasteiger partial charge in [0, 0.05) is 25.3 Å². The van der Waals surface area contributed by atoms with E-state index in [0.29, 0.717) is 37.5 Å². The van der Waals surface area contributed by atoms with Gasteiger partial charge >= 0.3 is 0 Å². The Labute approximate surface area is 166 Å². The van der Waals surface area contributed by atoms with Gasteiger partial charge in [-0.3, -0.25) is 9.59 Å². The molecule has 0 aliphatic carbocycles. The number of amides is 1. The molecule has 1 aromatic carbocycles. The summed E-state index contributed by atoms with van der Waals surface area (Å²) in [5, 5.41) is 0. The molecule has 1 aliphatic heterocycles. The highest BCUT2D eigenvalue weighted by Gasteiger charge is 2.27. The van der Waals surface area contributed by atoms with Crippen LogP contribution >= 0.6 is 0 Å².